The average Bonchev–Trinajstić information content (AvgIpc) is 3.38. The van der Waals surface area contributed by atoms with Crippen molar-refractivity contribution in [1.82, 2.24) is 20.4 Å². The van der Waals surface area contributed by atoms with Gasteiger partial charge in [-0.3, -0.25) is 9.59 Å². The van der Waals surface area contributed by atoms with E-state index in [1.807, 2.05) is 54.6 Å². The van der Waals surface area contributed by atoms with E-state index in [2.05, 4.69) is 15.7 Å². The summed E-state index contributed by atoms with van der Waals surface area (Å²) in [6.07, 6.45) is -4.74. The van der Waals surface area contributed by atoms with Gasteiger partial charge in [0.25, 0.3) is 5.91 Å². The summed E-state index contributed by atoms with van der Waals surface area (Å²) in [6, 6.07) is 23.7. The highest BCUT2D eigenvalue weighted by Crippen LogP contribution is 2.30. The number of nitrogens with one attached hydrogen (secondary N) is 2. The highest BCUT2D eigenvalue weighted by molar-refractivity contribution is 5.93. The van der Waals surface area contributed by atoms with Crippen LogP contribution in [0.3, 0.4) is 0 Å². The molecular weight excluding hydrogens is 495 g/mol. The number of hydrogen-bond donors (Lipinski definition) is 3. The Morgan fingerprint density at radius 3 is 2.18 bits per heavy atom. The first-order valence-electron chi connectivity index (χ1n) is 11.8. The summed E-state index contributed by atoms with van der Waals surface area (Å²) >= 11 is 0. The first-order chi connectivity index (χ1) is 18.1. The SMILES string of the molecule is C[C@H](N)C(=O)NCc1cccc(-n2nc(C(F)(F)F)cc2C(=O)NCc2ccc(-c3ccccc3)cc2)c1. The monoisotopic (exact) mass is 521 g/mol. The second kappa shape index (κ2) is 11.3. The molecule has 0 radical (unpaired) electrons. The van der Waals surface area contributed by atoms with Gasteiger partial charge in [0.2, 0.25) is 5.91 Å². The van der Waals surface area contributed by atoms with Gasteiger partial charge >= 0.3 is 6.18 Å². The number of alkyl halides is 3. The fourth-order valence-electron chi connectivity index (χ4n) is 3.75. The Morgan fingerprint density at radius 1 is 0.868 bits per heavy atom. The Kier molecular flexibility index (Phi) is 7.92. The van der Waals surface area contributed by atoms with Gasteiger partial charge in [-0.2, -0.15) is 18.3 Å². The highest BCUT2D eigenvalue weighted by Gasteiger charge is 2.36. The summed E-state index contributed by atoms with van der Waals surface area (Å²) in [7, 11) is 0. The second-order valence-corrected chi connectivity index (χ2v) is 8.75. The average molecular weight is 522 g/mol. The molecule has 0 unspecified atom stereocenters. The lowest BCUT2D eigenvalue weighted by Gasteiger charge is -2.11. The molecule has 38 heavy (non-hydrogen) atoms. The zero-order chi connectivity index (χ0) is 27.3. The molecule has 0 aliphatic rings. The van der Waals surface area contributed by atoms with Gasteiger partial charge in [0.1, 0.15) is 5.69 Å². The standard InChI is InChI=1S/C28H26F3N5O2/c1-18(32)26(37)33-17-20-6-5-9-23(14-20)36-24(15-25(35-36)28(29,30)31)27(38)34-16-19-10-12-22(13-11-19)21-7-3-2-4-8-21/h2-15,18H,16-17,32H2,1H3,(H,33,37)(H,34,38)/t18-/m0/s1. The van der Waals surface area contributed by atoms with Crippen LogP contribution >= 0.6 is 0 Å². The van der Waals surface area contributed by atoms with Crippen LogP contribution in [-0.4, -0.2) is 27.6 Å². The van der Waals surface area contributed by atoms with E-state index in [1.165, 1.54) is 13.0 Å². The third-order valence-corrected chi connectivity index (χ3v) is 5.78. The molecule has 4 rings (SSSR count). The van der Waals surface area contributed by atoms with Crippen LogP contribution in [0.1, 0.15) is 34.2 Å². The Bertz CT molecular complexity index is 1410. The molecular formula is C28H26F3N5O2. The summed E-state index contributed by atoms with van der Waals surface area (Å²) in [5.41, 5.74) is 7.77. The number of carbonyl (C=O) groups is 2. The van der Waals surface area contributed by atoms with Crippen LogP contribution in [0.5, 0.6) is 0 Å². The van der Waals surface area contributed by atoms with Gasteiger partial charge in [-0.1, -0.05) is 66.7 Å². The number of benzene rings is 3. The minimum absolute atomic E-state index is 0.113. The van der Waals surface area contributed by atoms with Crippen molar-refractivity contribution < 1.29 is 22.8 Å². The van der Waals surface area contributed by atoms with Crippen LogP contribution in [0.25, 0.3) is 16.8 Å². The number of hydrogen-bond acceptors (Lipinski definition) is 4. The lowest BCUT2D eigenvalue weighted by atomic mass is 10.0. The molecule has 1 aromatic heterocycles. The van der Waals surface area contributed by atoms with Gasteiger partial charge in [-0.05, 0) is 41.3 Å². The number of amides is 2. The van der Waals surface area contributed by atoms with Crippen LogP contribution in [-0.2, 0) is 24.1 Å². The maximum atomic E-state index is 13.5. The van der Waals surface area contributed by atoms with E-state index in [-0.39, 0.29) is 30.4 Å². The molecule has 1 atom stereocenters. The molecule has 0 fully saturated rings. The number of nitrogens with zero attached hydrogens (tertiary/aromatic N) is 2. The molecule has 0 bridgehead atoms. The number of halogens is 3. The predicted molar refractivity (Wildman–Crippen MR) is 137 cm³/mol. The summed E-state index contributed by atoms with van der Waals surface area (Å²) in [4.78, 5) is 24.8. The largest absolute Gasteiger partial charge is 0.435 e. The molecule has 7 nitrogen and oxygen atoms in total. The predicted octanol–water partition coefficient (Wildman–Crippen LogP) is 4.45. The van der Waals surface area contributed by atoms with Crippen LogP contribution in [0.2, 0.25) is 0 Å². The Hall–Kier alpha value is -4.44. The van der Waals surface area contributed by atoms with Crippen LogP contribution < -0.4 is 16.4 Å². The van der Waals surface area contributed by atoms with Crippen LogP contribution in [0.4, 0.5) is 13.2 Å². The summed E-state index contributed by atoms with van der Waals surface area (Å²) < 4.78 is 41.4. The molecule has 4 aromatic rings. The summed E-state index contributed by atoms with van der Waals surface area (Å²) in [5.74, 6) is -1.08. The Labute approximate surface area is 217 Å². The molecule has 10 heteroatoms. The van der Waals surface area contributed by atoms with Gasteiger partial charge < -0.3 is 16.4 Å². The van der Waals surface area contributed by atoms with Crippen molar-refractivity contribution in [2.45, 2.75) is 32.2 Å². The minimum Gasteiger partial charge on any atom is -0.351 e. The molecule has 0 spiro atoms. The van der Waals surface area contributed by atoms with E-state index in [0.29, 0.717) is 5.56 Å². The van der Waals surface area contributed by atoms with Gasteiger partial charge in [0.05, 0.1) is 11.7 Å². The quantitative estimate of drug-likeness (QED) is 0.319. The second-order valence-electron chi connectivity index (χ2n) is 8.75. The van der Waals surface area contributed by atoms with Gasteiger partial charge in [0.15, 0.2) is 5.69 Å². The van der Waals surface area contributed by atoms with Gasteiger partial charge in [-0.25, -0.2) is 4.68 Å². The zero-order valence-corrected chi connectivity index (χ0v) is 20.5. The van der Waals surface area contributed by atoms with Gasteiger partial charge in [0, 0.05) is 19.2 Å². The molecule has 0 aliphatic carbocycles. The minimum atomic E-state index is -4.74. The number of rotatable bonds is 8. The van der Waals surface area contributed by atoms with Crippen molar-refractivity contribution >= 4 is 11.8 Å². The molecule has 196 valence electrons. The summed E-state index contributed by atoms with van der Waals surface area (Å²) in [5, 5.41) is 8.98. The van der Waals surface area contributed by atoms with E-state index in [1.54, 1.807) is 18.2 Å². The Balaban J connectivity index is 1.53. The molecule has 3 aromatic carbocycles. The third-order valence-electron chi connectivity index (χ3n) is 5.78. The normalized spacial score (nSPS) is 12.1. The van der Waals surface area contributed by atoms with E-state index in [0.717, 1.165) is 27.4 Å². The highest BCUT2D eigenvalue weighted by atomic mass is 19.4. The molecule has 0 saturated carbocycles. The number of aromatic nitrogens is 2. The van der Waals surface area contributed by atoms with Crippen molar-refractivity contribution in [1.29, 1.82) is 0 Å². The maximum absolute atomic E-state index is 13.5. The molecule has 1 heterocycles. The summed E-state index contributed by atoms with van der Waals surface area (Å²) in [6.45, 7) is 1.77. The maximum Gasteiger partial charge on any atom is 0.435 e. The van der Waals surface area contributed by atoms with E-state index >= 15 is 0 Å². The lowest BCUT2D eigenvalue weighted by Crippen LogP contribution is -2.37. The lowest BCUT2D eigenvalue weighted by molar-refractivity contribution is -0.141. The van der Waals surface area contributed by atoms with Crippen molar-refractivity contribution in [2.75, 3.05) is 0 Å². The van der Waals surface area contributed by atoms with Crippen molar-refractivity contribution in [3.8, 4) is 16.8 Å². The zero-order valence-electron chi connectivity index (χ0n) is 20.5. The van der Waals surface area contributed by atoms with Crippen molar-refractivity contribution in [3.63, 3.8) is 0 Å². The topological polar surface area (TPSA) is 102 Å². The third kappa shape index (κ3) is 6.46. The number of nitrogens with two attached hydrogens (primary N) is 1. The molecule has 0 saturated heterocycles. The fraction of sp³-hybridized carbons (Fsp3) is 0.179. The molecule has 0 aliphatic heterocycles. The molecule has 2 amide bonds. The van der Waals surface area contributed by atoms with Crippen LogP contribution in [0, 0.1) is 0 Å². The van der Waals surface area contributed by atoms with E-state index < -0.39 is 23.8 Å². The van der Waals surface area contributed by atoms with Gasteiger partial charge in [-0.15, -0.1) is 0 Å². The van der Waals surface area contributed by atoms with E-state index in [9.17, 15) is 22.8 Å². The Morgan fingerprint density at radius 2 is 1.53 bits per heavy atom. The van der Waals surface area contributed by atoms with Crippen LogP contribution in [0.15, 0.2) is 84.9 Å². The first-order valence-corrected chi connectivity index (χ1v) is 11.8. The van der Waals surface area contributed by atoms with E-state index in [4.69, 9.17) is 5.73 Å². The van der Waals surface area contributed by atoms with Crippen molar-refractivity contribution in [2.24, 2.45) is 5.73 Å². The van der Waals surface area contributed by atoms with Crippen molar-refractivity contribution in [3.05, 3.63) is 107 Å². The first kappa shape index (κ1) is 26.6. The number of carbonyl (C=O) groups excluding carboxylic acids is 2. The molecule has 4 N–H and O–H groups in total. The fourth-order valence-corrected chi connectivity index (χ4v) is 3.75. The smallest absolute Gasteiger partial charge is 0.351 e.